The Kier molecular flexibility index (Phi) is 5.52. The highest BCUT2D eigenvalue weighted by Gasteiger charge is 2.32. The van der Waals surface area contributed by atoms with E-state index in [0.29, 0.717) is 5.76 Å². The number of hydrogen-bond acceptors (Lipinski definition) is 3. The molecular formula is C19H13F3N2O. The summed E-state index contributed by atoms with van der Waals surface area (Å²) in [5.41, 5.74) is -2.14. The fraction of sp³-hybridized carbons (Fsp3) is 0.263. The number of halogens is 3. The van der Waals surface area contributed by atoms with Crippen molar-refractivity contribution in [3.05, 3.63) is 59.5 Å². The first-order chi connectivity index (χ1) is 11.9. The normalized spacial score (nSPS) is 11.1. The van der Waals surface area contributed by atoms with Gasteiger partial charge in [0.15, 0.2) is 0 Å². The summed E-state index contributed by atoms with van der Waals surface area (Å²) in [6, 6.07) is 12.3. The number of nitrogens with zero attached hydrogens (tertiary/aromatic N) is 2. The Hall–Kier alpha value is -3.17. The lowest BCUT2D eigenvalue weighted by Crippen LogP contribution is -2.16. The number of hydrogen-bond donors (Lipinski definition) is 0. The minimum Gasteiger partial charge on any atom is -0.469 e. The van der Waals surface area contributed by atoms with Crippen LogP contribution in [0.1, 0.15) is 23.3 Å². The number of alkyl halides is 3. The third kappa shape index (κ3) is 4.66. The molecule has 0 aliphatic rings. The van der Waals surface area contributed by atoms with Crippen molar-refractivity contribution in [2.75, 3.05) is 0 Å². The van der Waals surface area contributed by atoms with Crippen LogP contribution in [-0.2, 0) is 19.0 Å². The van der Waals surface area contributed by atoms with Crippen LogP contribution in [0.15, 0.2) is 47.1 Å². The van der Waals surface area contributed by atoms with E-state index in [1.54, 1.807) is 12.1 Å². The Morgan fingerprint density at radius 3 is 2.32 bits per heavy atom. The summed E-state index contributed by atoms with van der Waals surface area (Å²) >= 11 is 0. The van der Waals surface area contributed by atoms with Crippen LogP contribution in [0.2, 0.25) is 0 Å². The highest BCUT2D eigenvalue weighted by molar-refractivity contribution is 5.35. The molecular weight excluding hydrogens is 329 g/mol. The number of furan rings is 1. The fourth-order valence-corrected chi connectivity index (χ4v) is 2.30. The third-order valence-electron chi connectivity index (χ3n) is 3.55. The van der Waals surface area contributed by atoms with Gasteiger partial charge in [0.2, 0.25) is 5.41 Å². The largest absolute Gasteiger partial charge is 0.469 e. The van der Waals surface area contributed by atoms with Gasteiger partial charge in [0.1, 0.15) is 5.76 Å². The first-order valence-electron chi connectivity index (χ1n) is 7.40. The second kappa shape index (κ2) is 7.60. The van der Waals surface area contributed by atoms with E-state index in [-0.39, 0.29) is 24.8 Å². The van der Waals surface area contributed by atoms with Gasteiger partial charge in [-0.3, -0.25) is 0 Å². The lowest BCUT2D eigenvalue weighted by Gasteiger charge is -2.11. The first-order valence-corrected chi connectivity index (χ1v) is 7.40. The average Bonchev–Trinajstić information content (AvgIpc) is 3.10. The molecule has 1 aromatic heterocycles. The Bertz CT molecular complexity index is 845. The molecule has 3 nitrogen and oxygen atoms in total. The molecule has 1 aromatic carbocycles. The minimum atomic E-state index is -4.42. The highest BCUT2D eigenvalue weighted by Crippen LogP contribution is 2.32. The monoisotopic (exact) mass is 342 g/mol. The molecule has 0 unspecified atom stereocenters. The van der Waals surface area contributed by atoms with E-state index in [2.05, 4.69) is 11.8 Å². The van der Waals surface area contributed by atoms with Crippen molar-refractivity contribution < 1.29 is 17.6 Å². The van der Waals surface area contributed by atoms with Crippen molar-refractivity contribution in [2.45, 2.75) is 25.4 Å². The van der Waals surface area contributed by atoms with Crippen molar-refractivity contribution in [1.29, 1.82) is 10.5 Å². The van der Waals surface area contributed by atoms with Crippen LogP contribution in [0.3, 0.4) is 0 Å². The van der Waals surface area contributed by atoms with E-state index in [4.69, 9.17) is 4.42 Å². The molecule has 2 aromatic rings. The first kappa shape index (κ1) is 18.2. The molecule has 0 saturated heterocycles. The lowest BCUT2D eigenvalue weighted by molar-refractivity contribution is -0.138. The standard InChI is InChI=1S/C19H13F3N2O/c20-19(21,22)17-9-2-1-6-15(17)7-3-4-10-18(13-23,14-24)12-16-8-5-11-25-16/h1-2,5-6,8-9,11H,3,7,12H2. The molecule has 0 aliphatic heterocycles. The van der Waals surface area contributed by atoms with Crippen molar-refractivity contribution >= 4 is 0 Å². The maximum absolute atomic E-state index is 12.9. The zero-order valence-corrected chi connectivity index (χ0v) is 13.1. The highest BCUT2D eigenvalue weighted by atomic mass is 19.4. The predicted molar refractivity (Wildman–Crippen MR) is 83.6 cm³/mol. The molecule has 0 saturated carbocycles. The molecule has 0 radical (unpaired) electrons. The van der Waals surface area contributed by atoms with E-state index in [9.17, 15) is 23.7 Å². The van der Waals surface area contributed by atoms with E-state index >= 15 is 0 Å². The van der Waals surface area contributed by atoms with Gasteiger partial charge < -0.3 is 4.42 Å². The molecule has 25 heavy (non-hydrogen) atoms. The maximum atomic E-state index is 12.9. The Morgan fingerprint density at radius 1 is 1.00 bits per heavy atom. The molecule has 0 spiro atoms. The molecule has 0 amide bonds. The summed E-state index contributed by atoms with van der Waals surface area (Å²) in [7, 11) is 0. The zero-order chi connectivity index (χ0) is 18.3. The van der Waals surface area contributed by atoms with Gasteiger partial charge in [0.05, 0.1) is 24.0 Å². The van der Waals surface area contributed by atoms with Gasteiger partial charge in [-0.25, -0.2) is 0 Å². The van der Waals surface area contributed by atoms with Crippen molar-refractivity contribution in [3.63, 3.8) is 0 Å². The predicted octanol–water partition coefficient (Wildman–Crippen LogP) is 4.51. The van der Waals surface area contributed by atoms with E-state index < -0.39 is 17.2 Å². The van der Waals surface area contributed by atoms with E-state index in [0.717, 1.165) is 6.07 Å². The van der Waals surface area contributed by atoms with Crippen LogP contribution in [0, 0.1) is 39.9 Å². The van der Waals surface area contributed by atoms with Crippen molar-refractivity contribution in [2.24, 2.45) is 5.41 Å². The van der Waals surface area contributed by atoms with Crippen LogP contribution >= 0.6 is 0 Å². The molecule has 126 valence electrons. The van der Waals surface area contributed by atoms with Crippen LogP contribution < -0.4 is 0 Å². The second-order valence-corrected chi connectivity index (χ2v) is 5.34. The smallest absolute Gasteiger partial charge is 0.416 e. The van der Waals surface area contributed by atoms with Crippen molar-refractivity contribution in [1.82, 2.24) is 0 Å². The van der Waals surface area contributed by atoms with Gasteiger partial charge >= 0.3 is 6.18 Å². The zero-order valence-electron chi connectivity index (χ0n) is 13.1. The third-order valence-corrected chi connectivity index (χ3v) is 3.55. The van der Waals surface area contributed by atoms with Crippen LogP contribution in [0.4, 0.5) is 13.2 Å². The summed E-state index contributed by atoms with van der Waals surface area (Å²) in [4.78, 5) is 0. The maximum Gasteiger partial charge on any atom is 0.416 e. The number of aryl methyl sites for hydroxylation is 1. The van der Waals surface area contributed by atoms with Gasteiger partial charge in [-0.2, -0.15) is 23.7 Å². The summed E-state index contributed by atoms with van der Waals surface area (Å²) in [5.74, 6) is 5.69. The molecule has 6 heteroatoms. The van der Waals surface area contributed by atoms with Gasteiger partial charge in [-0.15, -0.1) is 5.92 Å². The molecule has 1 heterocycles. The van der Waals surface area contributed by atoms with Gasteiger partial charge in [-0.1, -0.05) is 24.1 Å². The van der Waals surface area contributed by atoms with E-state index in [1.807, 2.05) is 12.1 Å². The summed E-state index contributed by atoms with van der Waals surface area (Å²) in [6.07, 6.45) is -2.81. The summed E-state index contributed by atoms with van der Waals surface area (Å²) < 4.78 is 43.9. The molecule has 0 atom stereocenters. The molecule has 0 N–H and O–H groups in total. The SMILES string of the molecule is N#CC(C#N)(C#CCCc1ccccc1C(F)(F)F)Cc1ccco1. The number of nitriles is 2. The quantitative estimate of drug-likeness (QED) is 0.768. The Balaban J connectivity index is 2.12. The van der Waals surface area contributed by atoms with Crippen LogP contribution in [0.25, 0.3) is 0 Å². The molecule has 0 fully saturated rings. The molecule has 0 aliphatic carbocycles. The molecule has 0 bridgehead atoms. The van der Waals surface area contributed by atoms with E-state index in [1.165, 1.54) is 24.5 Å². The lowest BCUT2D eigenvalue weighted by atomic mass is 9.87. The Labute approximate surface area is 143 Å². The number of benzene rings is 1. The minimum absolute atomic E-state index is 0.000855. The van der Waals surface area contributed by atoms with Crippen molar-refractivity contribution in [3.8, 4) is 24.0 Å². The summed E-state index contributed by atoms with van der Waals surface area (Å²) in [5, 5.41) is 18.6. The van der Waals surface area contributed by atoms with Crippen LogP contribution in [-0.4, -0.2) is 0 Å². The van der Waals surface area contributed by atoms with Gasteiger partial charge in [0.25, 0.3) is 0 Å². The Morgan fingerprint density at radius 2 is 1.72 bits per heavy atom. The number of rotatable bonds is 4. The van der Waals surface area contributed by atoms with Gasteiger partial charge in [0, 0.05) is 12.8 Å². The fourth-order valence-electron chi connectivity index (χ4n) is 2.30. The summed E-state index contributed by atoms with van der Waals surface area (Å²) in [6.45, 7) is 0. The topological polar surface area (TPSA) is 60.7 Å². The molecule has 2 rings (SSSR count). The van der Waals surface area contributed by atoms with Crippen LogP contribution in [0.5, 0.6) is 0 Å². The second-order valence-electron chi connectivity index (χ2n) is 5.34. The van der Waals surface area contributed by atoms with Gasteiger partial charge in [-0.05, 0) is 30.2 Å². The average molecular weight is 342 g/mol.